The molecule has 8 nitrogen and oxygen atoms in total. The highest BCUT2D eigenvalue weighted by Crippen LogP contribution is 2.32. The largest absolute Gasteiger partial charge is 0.360 e. The number of piperidine rings is 1. The van der Waals surface area contributed by atoms with Crippen molar-refractivity contribution < 1.29 is 18.6 Å². The molecule has 2 amide bonds. The molecule has 1 saturated heterocycles. The van der Waals surface area contributed by atoms with Crippen LogP contribution in [-0.4, -0.2) is 40.1 Å². The Labute approximate surface area is 178 Å². The number of carbonyl (C=O) groups excluding carboxylic acids is 2. The second kappa shape index (κ2) is 8.31. The zero-order valence-corrected chi connectivity index (χ0v) is 17.4. The maximum absolute atomic E-state index is 13.2. The molecule has 4 rings (SSSR count). The highest BCUT2D eigenvalue weighted by molar-refractivity contribution is 6.33. The Morgan fingerprint density at radius 2 is 1.87 bits per heavy atom. The predicted molar refractivity (Wildman–Crippen MR) is 110 cm³/mol. The van der Waals surface area contributed by atoms with E-state index in [1.165, 1.54) is 0 Å². The van der Waals surface area contributed by atoms with E-state index in [0.717, 1.165) is 0 Å². The van der Waals surface area contributed by atoms with Crippen LogP contribution < -0.4 is 5.32 Å². The van der Waals surface area contributed by atoms with Crippen LogP contribution in [0.4, 0.5) is 5.82 Å². The molecule has 3 aromatic rings. The zero-order valence-electron chi connectivity index (χ0n) is 16.6. The van der Waals surface area contributed by atoms with Crippen molar-refractivity contribution in [3.05, 3.63) is 52.4 Å². The van der Waals surface area contributed by atoms with Crippen molar-refractivity contribution in [1.82, 2.24) is 15.2 Å². The Morgan fingerprint density at radius 1 is 1.13 bits per heavy atom. The number of anilines is 1. The lowest BCUT2D eigenvalue weighted by molar-refractivity contribution is -0.121. The minimum atomic E-state index is -0.197. The summed E-state index contributed by atoms with van der Waals surface area (Å²) in [5.41, 5.74) is 1.49. The fraction of sp³-hybridized carbons (Fsp3) is 0.333. The second-order valence-electron chi connectivity index (χ2n) is 7.32. The van der Waals surface area contributed by atoms with Crippen LogP contribution in [0, 0.1) is 19.8 Å². The van der Waals surface area contributed by atoms with Gasteiger partial charge < -0.3 is 19.3 Å². The van der Waals surface area contributed by atoms with Gasteiger partial charge in [-0.15, -0.1) is 0 Å². The molecule has 3 heterocycles. The first-order valence-corrected chi connectivity index (χ1v) is 10.1. The average molecular weight is 429 g/mol. The molecule has 0 aliphatic carbocycles. The number of carbonyl (C=O) groups is 2. The number of nitrogens with one attached hydrogen (secondary N) is 1. The summed E-state index contributed by atoms with van der Waals surface area (Å²) in [6.45, 7) is 4.39. The van der Waals surface area contributed by atoms with Gasteiger partial charge in [0.05, 0.1) is 5.02 Å². The first kappa shape index (κ1) is 20.2. The number of aryl methyl sites for hydroxylation is 2. The van der Waals surface area contributed by atoms with Gasteiger partial charge in [-0.3, -0.25) is 9.59 Å². The van der Waals surface area contributed by atoms with Crippen LogP contribution in [0.3, 0.4) is 0 Å². The van der Waals surface area contributed by atoms with Crippen molar-refractivity contribution in [1.29, 1.82) is 0 Å². The molecular formula is C21H21ClN4O4. The molecule has 0 spiro atoms. The van der Waals surface area contributed by atoms with Gasteiger partial charge in [-0.1, -0.05) is 40.1 Å². The Balaban J connectivity index is 1.45. The van der Waals surface area contributed by atoms with Crippen molar-refractivity contribution in [3.8, 4) is 11.3 Å². The van der Waals surface area contributed by atoms with Crippen LogP contribution >= 0.6 is 11.6 Å². The van der Waals surface area contributed by atoms with E-state index in [1.807, 2.05) is 12.1 Å². The third kappa shape index (κ3) is 3.95. The zero-order chi connectivity index (χ0) is 21.3. The number of halogens is 1. The number of amides is 2. The number of rotatable bonds is 4. The highest BCUT2D eigenvalue weighted by atomic mass is 35.5. The summed E-state index contributed by atoms with van der Waals surface area (Å²) in [6.07, 6.45) is 1.11. The number of hydrogen-bond donors (Lipinski definition) is 1. The maximum Gasteiger partial charge on any atom is 0.259 e. The molecule has 0 unspecified atom stereocenters. The van der Waals surface area contributed by atoms with Crippen molar-refractivity contribution in [2.75, 3.05) is 18.4 Å². The lowest BCUT2D eigenvalue weighted by Crippen LogP contribution is -2.41. The van der Waals surface area contributed by atoms with Crippen LogP contribution in [-0.2, 0) is 4.79 Å². The summed E-state index contributed by atoms with van der Waals surface area (Å²) in [5, 5.41) is 11.1. The molecular weight excluding hydrogens is 408 g/mol. The predicted octanol–water partition coefficient (Wildman–Crippen LogP) is 4.09. The number of nitrogens with zero attached hydrogens (tertiary/aromatic N) is 3. The van der Waals surface area contributed by atoms with E-state index in [2.05, 4.69) is 15.6 Å². The third-order valence-electron chi connectivity index (χ3n) is 5.24. The van der Waals surface area contributed by atoms with Gasteiger partial charge in [0, 0.05) is 30.6 Å². The van der Waals surface area contributed by atoms with Crippen molar-refractivity contribution in [2.24, 2.45) is 5.92 Å². The van der Waals surface area contributed by atoms with Crippen LogP contribution in [0.5, 0.6) is 0 Å². The Kier molecular flexibility index (Phi) is 5.59. The monoisotopic (exact) mass is 428 g/mol. The molecule has 2 aromatic heterocycles. The van der Waals surface area contributed by atoms with E-state index in [-0.39, 0.29) is 17.7 Å². The molecule has 1 aliphatic heterocycles. The summed E-state index contributed by atoms with van der Waals surface area (Å²) in [4.78, 5) is 27.4. The van der Waals surface area contributed by atoms with E-state index in [0.29, 0.717) is 65.1 Å². The Morgan fingerprint density at radius 3 is 2.53 bits per heavy atom. The highest BCUT2D eigenvalue weighted by Gasteiger charge is 2.32. The lowest BCUT2D eigenvalue weighted by atomic mass is 9.95. The maximum atomic E-state index is 13.2. The van der Waals surface area contributed by atoms with Crippen LogP contribution in [0.1, 0.15) is 34.7 Å². The summed E-state index contributed by atoms with van der Waals surface area (Å²) in [6, 6.07) is 8.87. The van der Waals surface area contributed by atoms with Crippen LogP contribution in [0.2, 0.25) is 5.02 Å². The number of likely N-dealkylation sites (tertiary alicyclic amines) is 1. The minimum absolute atomic E-state index is 0.117. The third-order valence-corrected chi connectivity index (χ3v) is 5.57. The second-order valence-corrected chi connectivity index (χ2v) is 7.73. The van der Waals surface area contributed by atoms with Gasteiger partial charge >= 0.3 is 0 Å². The molecule has 0 saturated carbocycles. The van der Waals surface area contributed by atoms with E-state index < -0.39 is 0 Å². The number of aromatic nitrogens is 2. The van der Waals surface area contributed by atoms with Gasteiger partial charge in [0.1, 0.15) is 22.8 Å². The summed E-state index contributed by atoms with van der Waals surface area (Å²) < 4.78 is 10.3. The molecule has 9 heteroatoms. The van der Waals surface area contributed by atoms with Crippen molar-refractivity contribution >= 4 is 29.2 Å². The molecule has 1 fully saturated rings. The normalized spacial score (nSPS) is 14.7. The van der Waals surface area contributed by atoms with Crippen molar-refractivity contribution in [2.45, 2.75) is 26.7 Å². The smallest absolute Gasteiger partial charge is 0.259 e. The molecule has 0 bridgehead atoms. The molecule has 0 atom stereocenters. The molecule has 30 heavy (non-hydrogen) atoms. The van der Waals surface area contributed by atoms with Gasteiger partial charge in [-0.05, 0) is 32.8 Å². The van der Waals surface area contributed by atoms with Gasteiger partial charge in [0.25, 0.3) is 5.91 Å². The quantitative estimate of drug-likeness (QED) is 0.671. The SMILES string of the molecule is Cc1cc(NC(=O)C2CCN(C(=O)c3c(-c4ccccc4Cl)noc3C)CC2)no1. The first-order valence-electron chi connectivity index (χ1n) is 9.68. The topological polar surface area (TPSA) is 101 Å². The molecule has 1 aromatic carbocycles. The average Bonchev–Trinajstić information content (AvgIpc) is 3.33. The summed E-state index contributed by atoms with van der Waals surface area (Å²) in [7, 11) is 0. The van der Waals surface area contributed by atoms with Gasteiger partial charge in [0.15, 0.2) is 5.82 Å². The standard InChI is InChI=1S/C21H21ClN4O4/c1-12-11-17(24-29-12)23-20(27)14-7-9-26(10-8-14)21(28)18-13(2)30-25-19(18)15-5-3-4-6-16(15)22/h3-6,11,14H,7-10H2,1-2H3,(H,23,24,27). The lowest BCUT2D eigenvalue weighted by Gasteiger charge is -2.31. The number of benzene rings is 1. The summed E-state index contributed by atoms with van der Waals surface area (Å²) >= 11 is 6.29. The van der Waals surface area contributed by atoms with Crippen molar-refractivity contribution in [3.63, 3.8) is 0 Å². The fourth-order valence-corrected chi connectivity index (χ4v) is 3.84. The minimum Gasteiger partial charge on any atom is -0.360 e. The summed E-state index contributed by atoms with van der Waals surface area (Å²) in [5.74, 6) is 0.987. The Hall–Kier alpha value is -3.13. The van der Waals surface area contributed by atoms with E-state index >= 15 is 0 Å². The van der Waals surface area contributed by atoms with Gasteiger partial charge in [0.2, 0.25) is 5.91 Å². The van der Waals surface area contributed by atoms with Crippen LogP contribution in [0.15, 0.2) is 39.4 Å². The van der Waals surface area contributed by atoms with Gasteiger partial charge in [-0.2, -0.15) is 0 Å². The number of hydrogen-bond acceptors (Lipinski definition) is 6. The molecule has 1 aliphatic rings. The van der Waals surface area contributed by atoms with Crippen LogP contribution in [0.25, 0.3) is 11.3 Å². The first-order chi connectivity index (χ1) is 14.4. The van der Waals surface area contributed by atoms with E-state index in [4.69, 9.17) is 20.6 Å². The van der Waals surface area contributed by atoms with E-state index in [9.17, 15) is 9.59 Å². The fourth-order valence-electron chi connectivity index (χ4n) is 3.62. The molecule has 1 N–H and O–H groups in total. The Bertz CT molecular complexity index is 1080. The van der Waals surface area contributed by atoms with Gasteiger partial charge in [-0.25, -0.2) is 0 Å². The van der Waals surface area contributed by atoms with E-state index in [1.54, 1.807) is 36.9 Å². The molecule has 0 radical (unpaired) electrons. The molecule has 156 valence electrons.